The lowest BCUT2D eigenvalue weighted by molar-refractivity contribution is 0.0950. The van der Waals surface area contributed by atoms with Gasteiger partial charge in [-0.05, 0) is 25.8 Å². The molecule has 2 atom stereocenters. The summed E-state index contributed by atoms with van der Waals surface area (Å²) in [6, 6.07) is 5.87. The number of rotatable bonds is 8. The van der Waals surface area contributed by atoms with Crippen LogP contribution in [0.5, 0.6) is 0 Å². The summed E-state index contributed by atoms with van der Waals surface area (Å²) in [5.74, 6) is 0.977. The van der Waals surface area contributed by atoms with Gasteiger partial charge in [-0.2, -0.15) is 5.10 Å². The molecule has 0 saturated heterocycles. The van der Waals surface area contributed by atoms with Gasteiger partial charge in [0.2, 0.25) is 16.0 Å². The normalized spacial score (nSPS) is 16.0. The highest BCUT2D eigenvalue weighted by atomic mass is 35.5. The van der Waals surface area contributed by atoms with Gasteiger partial charge >= 0.3 is 0 Å². The first-order valence-corrected chi connectivity index (χ1v) is 12.6. The Labute approximate surface area is 201 Å². The Balaban J connectivity index is 1.50. The molecule has 1 fully saturated rings. The molecule has 178 valence electrons. The second kappa shape index (κ2) is 8.60. The van der Waals surface area contributed by atoms with Crippen molar-refractivity contribution in [2.24, 2.45) is 7.05 Å². The minimum absolute atomic E-state index is 0.114. The highest BCUT2D eigenvalue weighted by Gasteiger charge is 2.36. The van der Waals surface area contributed by atoms with Gasteiger partial charge in [-0.25, -0.2) is 18.4 Å². The van der Waals surface area contributed by atoms with Crippen LogP contribution in [0.2, 0.25) is 5.02 Å². The Kier molecular flexibility index (Phi) is 5.74. The summed E-state index contributed by atoms with van der Waals surface area (Å²) < 4.78 is 38.3. The third kappa shape index (κ3) is 4.12. The molecular weight excluding hydrogens is 480 g/mol. The summed E-state index contributed by atoms with van der Waals surface area (Å²) in [5.41, 5.74) is 1.67. The Bertz CT molecular complexity index is 1450. The molecule has 1 aromatic carbocycles. The summed E-state index contributed by atoms with van der Waals surface area (Å²) in [4.78, 5) is 8.24. The average molecular weight is 503 g/mol. The van der Waals surface area contributed by atoms with E-state index in [4.69, 9.17) is 16.3 Å². The van der Waals surface area contributed by atoms with Crippen LogP contribution in [0.1, 0.15) is 37.7 Å². The number of halogens is 1. The molecule has 1 saturated carbocycles. The van der Waals surface area contributed by atoms with Crippen LogP contribution in [0, 0.1) is 0 Å². The molecule has 0 aliphatic heterocycles. The molecule has 2 unspecified atom stereocenters. The molecule has 1 N–H and O–H groups in total. The van der Waals surface area contributed by atoms with Gasteiger partial charge in [-0.15, -0.1) is 10.2 Å². The van der Waals surface area contributed by atoms with Crippen LogP contribution in [-0.4, -0.2) is 55.3 Å². The number of benzene rings is 1. The number of sulfonamides is 1. The number of hydrogen-bond acceptors (Lipinski definition) is 8. The first kappa shape index (κ1) is 22.7. The van der Waals surface area contributed by atoms with Gasteiger partial charge < -0.3 is 4.74 Å². The highest BCUT2D eigenvalue weighted by molar-refractivity contribution is 7.93. The quantitative estimate of drug-likeness (QED) is 0.389. The van der Waals surface area contributed by atoms with Crippen LogP contribution >= 0.6 is 11.6 Å². The summed E-state index contributed by atoms with van der Waals surface area (Å²) in [6.45, 7) is 1.53. The third-order valence-corrected chi connectivity index (χ3v) is 7.70. The number of nitrogens with zero attached hydrogens (tertiary/aromatic N) is 7. The van der Waals surface area contributed by atoms with Crippen molar-refractivity contribution in [1.82, 2.24) is 34.5 Å². The zero-order chi connectivity index (χ0) is 24.0. The van der Waals surface area contributed by atoms with Gasteiger partial charge in [0.25, 0.3) is 0 Å². The number of hydrogen-bond donors (Lipinski definition) is 1. The Morgan fingerprint density at radius 2 is 1.94 bits per heavy atom. The third-order valence-electron chi connectivity index (χ3n) is 5.81. The number of ether oxygens (including phenoxy) is 1. The topological polar surface area (TPSA) is 130 Å². The second-order valence-corrected chi connectivity index (χ2v) is 10.7. The summed E-state index contributed by atoms with van der Waals surface area (Å²) >= 11 is 5.86. The van der Waals surface area contributed by atoms with Crippen molar-refractivity contribution in [2.45, 2.75) is 37.2 Å². The molecule has 3 aromatic heterocycles. The lowest BCUT2D eigenvalue weighted by atomic mass is 10.1. The fourth-order valence-corrected chi connectivity index (χ4v) is 5.17. The van der Waals surface area contributed by atoms with Crippen LogP contribution in [0.4, 0.5) is 5.95 Å². The van der Waals surface area contributed by atoms with Gasteiger partial charge in [0.1, 0.15) is 11.4 Å². The summed E-state index contributed by atoms with van der Waals surface area (Å²) in [6.07, 6.45) is 5.64. The fourth-order valence-electron chi connectivity index (χ4n) is 3.94. The molecule has 1 aliphatic rings. The van der Waals surface area contributed by atoms with E-state index in [0.29, 0.717) is 10.8 Å². The number of nitrogens with one attached hydrogen (secondary N) is 1. The summed E-state index contributed by atoms with van der Waals surface area (Å²) in [5, 5.41) is 13.3. The lowest BCUT2D eigenvalue weighted by Gasteiger charge is -2.22. The zero-order valence-electron chi connectivity index (χ0n) is 18.8. The number of aryl methyl sites for hydroxylation is 1. The van der Waals surface area contributed by atoms with Crippen molar-refractivity contribution in [1.29, 1.82) is 0 Å². The summed E-state index contributed by atoms with van der Waals surface area (Å²) in [7, 11) is -0.681. The predicted molar refractivity (Wildman–Crippen MR) is 127 cm³/mol. The fraction of sp³-hybridized carbons (Fsp3) is 0.381. The lowest BCUT2D eigenvalue weighted by Crippen LogP contribution is -2.33. The first-order chi connectivity index (χ1) is 16.3. The SMILES string of the molecule is COC(c1ncc(Cl)cn1)C(C)S(=O)(=O)Nc1nnc(-c2cccc3nn(C)cc23)n1C1CC1. The predicted octanol–water partition coefficient (Wildman–Crippen LogP) is 3.13. The van der Waals surface area contributed by atoms with E-state index in [9.17, 15) is 8.42 Å². The standard InChI is InChI=1S/C21H23ClN8O3S/c1-12(18(33-3)19-23-9-13(22)10-24-19)34(31,32)28-21-26-25-20(30(21)14-7-8-14)15-5-4-6-17-16(15)11-29(2)27-17/h4-6,9-12,14,18H,7-8H2,1-3H3,(H,26,28). The number of fused-ring (bicyclic) bond motifs is 1. The number of aromatic nitrogens is 7. The maximum Gasteiger partial charge on any atom is 0.240 e. The average Bonchev–Trinajstić information content (AvgIpc) is 3.44. The van der Waals surface area contributed by atoms with Gasteiger partial charge in [0, 0.05) is 49.7 Å². The Morgan fingerprint density at radius 3 is 2.62 bits per heavy atom. The van der Waals surface area contributed by atoms with Crippen molar-refractivity contribution in [3.05, 3.63) is 47.6 Å². The van der Waals surface area contributed by atoms with Crippen LogP contribution in [0.15, 0.2) is 36.8 Å². The van der Waals surface area contributed by atoms with Crippen LogP contribution in [0.25, 0.3) is 22.3 Å². The minimum Gasteiger partial charge on any atom is -0.372 e. The zero-order valence-corrected chi connectivity index (χ0v) is 20.3. The number of methoxy groups -OCH3 is 1. The molecule has 0 spiro atoms. The molecule has 13 heteroatoms. The van der Waals surface area contributed by atoms with Crippen molar-refractivity contribution in [3.63, 3.8) is 0 Å². The van der Waals surface area contributed by atoms with E-state index in [-0.39, 0.29) is 17.8 Å². The Hall–Kier alpha value is -3.09. The maximum absolute atomic E-state index is 13.3. The van der Waals surface area contributed by atoms with Crippen molar-refractivity contribution in [3.8, 4) is 11.4 Å². The molecule has 3 heterocycles. The van der Waals surface area contributed by atoms with Crippen molar-refractivity contribution < 1.29 is 13.2 Å². The molecule has 4 aromatic rings. The van der Waals surface area contributed by atoms with E-state index in [1.807, 2.05) is 36.0 Å². The van der Waals surface area contributed by atoms with Gasteiger partial charge in [0.05, 0.1) is 10.5 Å². The molecule has 0 bridgehead atoms. The van der Waals surface area contributed by atoms with Crippen LogP contribution in [-0.2, 0) is 21.8 Å². The molecule has 0 radical (unpaired) electrons. The largest absolute Gasteiger partial charge is 0.372 e. The van der Waals surface area contributed by atoms with E-state index in [1.165, 1.54) is 26.4 Å². The Morgan fingerprint density at radius 1 is 1.21 bits per heavy atom. The maximum atomic E-state index is 13.3. The smallest absolute Gasteiger partial charge is 0.240 e. The second-order valence-electron chi connectivity index (χ2n) is 8.26. The van der Waals surface area contributed by atoms with E-state index in [2.05, 4.69) is 30.0 Å². The molecule has 11 nitrogen and oxygen atoms in total. The minimum atomic E-state index is -3.95. The van der Waals surface area contributed by atoms with Gasteiger partial charge in [-0.3, -0.25) is 14.0 Å². The van der Waals surface area contributed by atoms with Gasteiger partial charge in [0.15, 0.2) is 11.6 Å². The van der Waals surface area contributed by atoms with Crippen LogP contribution in [0.3, 0.4) is 0 Å². The van der Waals surface area contributed by atoms with E-state index >= 15 is 0 Å². The highest BCUT2D eigenvalue weighted by Crippen LogP contribution is 2.42. The molecular formula is C21H23ClN8O3S. The van der Waals surface area contributed by atoms with E-state index in [0.717, 1.165) is 29.3 Å². The number of anilines is 1. The first-order valence-electron chi connectivity index (χ1n) is 10.7. The van der Waals surface area contributed by atoms with Crippen molar-refractivity contribution in [2.75, 3.05) is 11.8 Å². The molecule has 34 heavy (non-hydrogen) atoms. The van der Waals surface area contributed by atoms with Crippen LogP contribution < -0.4 is 4.72 Å². The van der Waals surface area contributed by atoms with E-state index in [1.54, 1.807) is 4.68 Å². The van der Waals surface area contributed by atoms with Crippen molar-refractivity contribution >= 4 is 38.5 Å². The monoisotopic (exact) mass is 502 g/mol. The molecule has 0 amide bonds. The molecule has 5 rings (SSSR count). The molecule has 1 aliphatic carbocycles. The van der Waals surface area contributed by atoms with Gasteiger partial charge in [-0.1, -0.05) is 23.7 Å². The van der Waals surface area contributed by atoms with E-state index < -0.39 is 21.4 Å².